The van der Waals surface area contributed by atoms with Crippen LogP contribution in [0.1, 0.15) is 27.4 Å². The first-order valence-corrected chi connectivity index (χ1v) is 11.4. The topological polar surface area (TPSA) is 124 Å². The number of carboxylic acid groups (broad SMARTS) is 1. The number of nitrogens with zero attached hydrogens (tertiary/aromatic N) is 2. The number of rotatable bonds is 8. The Morgan fingerprint density at radius 1 is 1.08 bits per heavy atom. The van der Waals surface area contributed by atoms with Crippen LogP contribution in [0.15, 0.2) is 83.0 Å². The second-order valence-corrected chi connectivity index (χ2v) is 8.34. The SMILES string of the molecule is N#CC(=Cc1cn(Cc2ccc(C(=O)O)o2)c2ccccc12)C(=O)NCCc1c[nH]c2ccccc12. The normalized spacial score (nSPS) is 11.6. The van der Waals surface area contributed by atoms with Crippen LogP contribution in [-0.2, 0) is 17.8 Å². The Morgan fingerprint density at radius 3 is 2.64 bits per heavy atom. The van der Waals surface area contributed by atoms with Gasteiger partial charge in [-0.3, -0.25) is 4.79 Å². The molecule has 0 aliphatic carbocycles. The molecule has 8 nitrogen and oxygen atoms in total. The van der Waals surface area contributed by atoms with Gasteiger partial charge in [-0.05, 0) is 42.3 Å². The molecule has 5 aromatic rings. The lowest BCUT2D eigenvalue weighted by atomic mass is 10.1. The number of carbonyl (C=O) groups excluding carboxylic acids is 1. The molecule has 0 unspecified atom stereocenters. The van der Waals surface area contributed by atoms with Crippen molar-refractivity contribution in [3.63, 3.8) is 0 Å². The van der Waals surface area contributed by atoms with E-state index in [1.165, 1.54) is 6.07 Å². The second-order valence-electron chi connectivity index (χ2n) is 8.34. The van der Waals surface area contributed by atoms with Crippen molar-refractivity contribution in [3.05, 3.63) is 101 Å². The smallest absolute Gasteiger partial charge is 0.371 e. The summed E-state index contributed by atoms with van der Waals surface area (Å²) in [4.78, 5) is 27.1. The van der Waals surface area contributed by atoms with Crippen LogP contribution < -0.4 is 5.32 Å². The Labute approximate surface area is 206 Å². The molecule has 1 amide bonds. The van der Waals surface area contributed by atoms with Crippen molar-refractivity contribution in [1.29, 1.82) is 5.26 Å². The molecule has 3 aromatic heterocycles. The highest BCUT2D eigenvalue weighted by atomic mass is 16.4. The maximum absolute atomic E-state index is 12.8. The summed E-state index contributed by atoms with van der Waals surface area (Å²) in [7, 11) is 0. The maximum Gasteiger partial charge on any atom is 0.371 e. The zero-order valence-corrected chi connectivity index (χ0v) is 19.2. The van der Waals surface area contributed by atoms with Gasteiger partial charge in [-0.15, -0.1) is 0 Å². The molecule has 3 N–H and O–H groups in total. The molecule has 0 radical (unpaired) electrons. The minimum absolute atomic E-state index is 0.00277. The lowest BCUT2D eigenvalue weighted by Crippen LogP contribution is -2.26. The molecule has 36 heavy (non-hydrogen) atoms. The fraction of sp³-hybridized carbons (Fsp3) is 0.107. The minimum atomic E-state index is -1.13. The Bertz CT molecular complexity index is 1660. The summed E-state index contributed by atoms with van der Waals surface area (Å²) in [5, 5.41) is 23.6. The van der Waals surface area contributed by atoms with E-state index >= 15 is 0 Å². The van der Waals surface area contributed by atoms with Gasteiger partial charge in [0.05, 0.1) is 6.54 Å². The van der Waals surface area contributed by atoms with Gasteiger partial charge in [0.1, 0.15) is 17.4 Å². The molecule has 178 valence electrons. The Hall–Kier alpha value is -5.03. The van der Waals surface area contributed by atoms with Crippen LogP contribution in [0.4, 0.5) is 0 Å². The quantitative estimate of drug-likeness (QED) is 0.220. The molecule has 0 bridgehead atoms. The molecule has 0 saturated carbocycles. The number of aromatic amines is 1. The van der Waals surface area contributed by atoms with E-state index < -0.39 is 11.9 Å². The standard InChI is InChI=1S/C28H22N4O4/c29-14-19(27(33)30-12-11-18-15-31-24-7-3-1-5-22(18)24)13-20-16-32(25-8-4-2-6-23(20)25)17-21-9-10-26(36-21)28(34)35/h1-10,13,15-16,31H,11-12,17H2,(H,30,33)(H,34,35). The van der Waals surface area contributed by atoms with E-state index in [0.29, 0.717) is 30.8 Å². The van der Waals surface area contributed by atoms with Gasteiger partial charge in [-0.1, -0.05) is 36.4 Å². The molecular formula is C28H22N4O4. The number of hydrogen-bond acceptors (Lipinski definition) is 4. The zero-order valence-electron chi connectivity index (χ0n) is 19.2. The first kappa shape index (κ1) is 22.7. The van der Waals surface area contributed by atoms with Crippen molar-refractivity contribution in [2.24, 2.45) is 0 Å². The average Bonchev–Trinajstić information content (AvgIpc) is 3.61. The van der Waals surface area contributed by atoms with Crippen LogP contribution in [0.3, 0.4) is 0 Å². The number of aromatic carboxylic acids is 1. The first-order chi connectivity index (χ1) is 17.5. The van der Waals surface area contributed by atoms with Gasteiger partial charge < -0.3 is 24.4 Å². The Kier molecular flexibility index (Phi) is 6.12. The molecule has 2 aromatic carbocycles. The summed E-state index contributed by atoms with van der Waals surface area (Å²) < 4.78 is 7.29. The molecule has 0 aliphatic rings. The van der Waals surface area contributed by atoms with E-state index in [2.05, 4.69) is 10.3 Å². The number of furan rings is 1. The zero-order chi connectivity index (χ0) is 25.1. The Balaban J connectivity index is 1.34. The molecule has 0 fully saturated rings. The third kappa shape index (κ3) is 4.50. The third-order valence-corrected chi connectivity index (χ3v) is 6.04. The number of aromatic nitrogens is 2. The van der Waals surface area contributed by atoms with Gasteiger partial charge >= 0.3 is 5.97 Å². The van der Waals surface area contributed by atoms with Crippen LogP contribution in [0.5, 0.6) is 0 Å². The summed E-state index contributed by atoms with van der Waals surface area (Å²) in [6.45, 7) is 0.701. The Morgan fingerprint density at radius 2 is 1.86 bits per heavy atom. The number of benzene rings is 2. The van der Waals surface area contributed by atoms with Gasteiger partial charge in [0.15, 0.2) is 0 Å². The summed E-state index contributed by atoms with van der Waals surface area (Å²) in [5.74, 6) is -1.21. The van der Waals surface area contributed by atoms with Gasteiger partial charge in [-0.25, -0.2) is 4.79 Å². The molecule has 0 aliphatic heterocycles. The monoisotopic (exact) mass is 478 g/mol. The largest absolute Gasteiger partial charge is 0.475 e. The van der Waals surface area contributed by atoms with Gasteiger partial charge in [0.25, 0.3) is 5.91 Å². The molecular weight excluding hydrogens is 456 g/mol. The van der Waals surface area contributed by atoms with Crippen molar-refractivity contribution in [3.8, 4) is 6.07 Å². The molecule has 5 rings (SSSR count). The fourth-order valence-corrected chi connectivity index (χ4v) is 4.32. The number of para-hydroxylation sites is 2. The number of carboxylic acids is 1. The average molecular weight is 479 g/mol. The van der Waals surface area contributed by atoms with Crippen molar-refractivity contribution in [2.45, 2.75) is 13.0 Å². The lowest BCUT2D eigenvalue weighted by molar-refractivity contribution is -0.117. The van der Waals surface area contributed by atoms with Crippen molar-refractivity contribution in [1.82, 2.24) is 14.9 Å². The maximum atomic E-state index is 12.8. The number of hydrogen-bond donors (Lipinski definition) is 3. The summed E-state index contributed by atoms with van der Waals surface area (Å²) in [5.41, 5.74) is 3.72. The predicted octanol–water partition coefficient (Wildman–Crippen LogP) is 4.73. The number of carbonyl (C=O) groups is 2. The van der Waals surface area contributed by atoms with E-state index in [4.69, 9.17) is 9.52 Å². The predicted molar refractivity (Wildman–Crippen MR) is 135 cm³/mol. The lowest BCUT2D eigenvalue weighted by Gasteiger charge is -2.04. The molecule has 0 atom stereocenters. The molecule has 0 saturated heterocycles. The highest BCUT2D eigenvalue weighted by Crippen LogP contribution is 2.25. The van der Waals surface area contributed by atoms with E-state index in [0.717, 1.165) is 27.4 Å². The first-order valence-electron chi connectivity index (χ1n) is 11.4. The van der Waals surface area contributed by atoms with Gasteiger partial charge in [0, 0.05) is 46.3 Å². The summed E-state index contributed by atoms with van der Waals surface area (Å²) in [6.07, 6.45) is 5.97. The molecule has 3 heterocycles. The van der Waals surface area contributed by atoms with Crippen molar-refractivity contribution >= 4 is 39.8 Å². The van der Waals surface area contributed by atoms with Crippen molar-refractivity contribution < 1.29 is 19.1 Å². The number of nitrogens with one attached hydrogen (secondary N) is 2. The van der Waals surface area contributed by atoms with Gasteiger partial charge in [-0.2, -0.15) is 5.26 Å². The van der Waals surface area contributed by atoms with Crippen molar-refractivity contribution in [2.75, 3.05) is 6.54 Å². The van der Waals surface area contributed by atoms with E-state index in [1.54, 1.807) is 12.1 Å². The number of nitriles is 1. The fourth-order valence-electron chi connectivity index (χ4n) is 4.32. The van der Waals surface area contributed by atoms with E-state index in [1.807, 2.05) is 71.6 Å². The van der Waals surface area contributed by atoms with E-state index in [-0.39, 0.29) is 11.3 Å². The van der Waals surface area contributed by atoms with Crippen LogP contribution >= 0.6 is 0 Å². The molecule has 8 heteroatoms. The van der Waals surface area contributed by atoms with Crippen LogP contribution in [0, 0.1) is 11.3 Å². The highest BCUT2D eigenvalue weighted by molar-refractivity contribution is 6.04. The number of amides is 1. The van der Waals surface area contributed by atoms with Crippen LogP contribution in [-0.4, -0.2) is 33.1 Å². The van der Waals surface area contributed by atoms with Crippen LogP contribution in [0.2, 0.25) is 0 Å². The summed E-state index contributed by atoms with van der Waals surface area (Å²) >= 11 is 0. The number of fused-ring (bicyclic) bond motifs is 2. The third-order valence-electron chi connectivity index (χ3n) is 6.04. The second kappa shape index (κ2) is 9.68. The molecule has 0 spiro atoms. The minimum Gasteiger partial charge on any atom is -0.475 e. The van der Waals surface area contributed by atoms with E-state index in [9.17, 15) is 14.9 Å². The van der Waals surface area contributed by atoms with Crippen LogP contribution in [0.25, 0.3) is 27.9 Å². The number of H-pyrrole nitrogens is 1. The summed E-state index contributed by atoms with van der Waals surface area (Å²) in [6, 6.07) is 20.6. The highest BCUT2D eigenvalue weighted by Gasteiger charge is 2.15. The van der Waals surface area contributed by atoms with Gasteiger partial charge in [0.2, 0.25) is 5.76 Å².